The van der Waals surface area contributed by atoms with Gasteiger partial charge in [-0.25, -0.2) is 23.1 Å². The first-order valence-electron chi connectivity index (χ1n) is 9.12. The van der Waals surface area contributed by atoms with Gasteiger partial charge in [-0.1, -0.05) is 0 Å². The molecule has 0 bridgehead atoms. The van der Waals surface area contributed by atoms with E-state index in [2.05, 4.69) is 20.0 Å². The number of fused-ring (bicyclic) bond motifs is 1. The van der Waals surface area contributed by atoms with Crippen LogP contribution in [0.1, 0.15) is 17.8 Å². The van der Waals surface area contributed by atoms with Crippen LogP contribution in [0.25, 0.3) is 11.3 Å². The van der Waals surface area contributed by atoms with E-state index in [0.29, 0.717) is 16.9 Å². The minimum atomic E-state index is -4.48. The number of imidazole rings is 1. The maximum Gasteiger partial charge on any atom is 0.417 e. The summed E-state index contributed by atoms with van der Waals surface area (Å²) in [7, 11) is -2.37. The van der Waals surface area contributed by atoms with Crippen molar-refractivity contribution in [3.63, 3.8) is 0 Å². The molecule has 0 saturated carbocycles. The highest BCUT2D eigenvalue weighted by molar-refractivity contribution is 7.89. The lowest BCUT2D eigenvalue weighted by atomic mass is 10.1. The van der Waals surface area contributed by atoms with Crippen molar-refractivity contribution >= 4 is 21.5 Å². The van der Waals surface area contributed by atoms with Crippen molar-refractivity contribution in [2.45, 2.75) is 30.5 Å². The zero-order chi connectivity index (χ0) is 21.5. The first kappa shape index (κ1) is 20.4. The highest BCUT2D eigenvalue weighted by Gasteiger charge is 2.30. The number of hydrogen-bond donors (Lipinski definition) is 2. The number of nitrogens with one attached hydrogen (secondary N) is 2. The Morgan fingerprint density at radius 3 is 2.60 bits per heavy atom. The van der Waals surface area contributed by atoms with Gasteiger partial charge in [0.2, 0.25) is 10.0 Å². The van der Waals surface area contributed by atoms with Crippen LogP contribution in [0.5, 0.6) is 0 Å². The predicted molar refractivity (Wildman–Crippen MR) is 105 cm³/mol. The Labute approximate surface area is 171 Å². The number of pyridine rings is 1. The van der Waals surface area contributed by atoms with E-state index in [1.54, 1.807) is 6.07 Å². The number of halogens is 3. The standard InChI is InChI=1S/C19H18F3N5O2S/c1-23-30(28,29)13-5-6-15(25-17-7-4-12(10-24-17)19(20,21)22)14(9-13)16-11-27-8-2-3-18(27)26-16/h4-7,9-11,23H,2-3,8H2,1H3,(H,24,25). The second kappa shape index (κ2) is 7.40. The number of alkyl halides is 3. The number of aryl methyl sites for hydroxylation is 2. The van der Waals surface area contributed by atoms with E-state index in [-0.39, 0.29) is 10.7 Å². The number of aromatic nitrogens is 3. The molecule has 11 heteroatoms. The van der Waals surface area contributed by atoms with Crippen molar-refractivity contribution in [3.05, 3.63) is 54.1 Å². The minimum absolute atomic E-state index is 0.0547. The molecule has 1 aliphatic heterocycles. The summed E-state index contributed by atoms with van der Waals surface area (Å²) in [6.07, 6.45) is -0.0578. The van der Waals surface area contributed by atoms with E-state index in [9.17, 15) is 21.6 Å². The van der Waals surface area contributed by atoms with Crippen molar-refractivity contribution in [2.24, 2.45) is 0 Å². The summed E-state index contributed by atoms with van der Waals surface area (Å²) in [5.74, 6) is 1.10. The fourth-order valence-electron chi connectivity index (χ4n) is 3.29. The number of nitrogens with zero attached hydrogens (tertiary/aromatic N) is 3. The van der Waals surface area contributed by atoms with Crippen LogP contribution in [0.3, 0.4) is 0 Å². The van der Waals surface area contributed by atoms with Crippen molar-refractivity contribution in [1.82, 2.24) is 19.3 Å². The summed E-state index contributed by atoms with van der Waals surface area (Å²) < 4.78 is 67.1. The van der Waals surface area contributed by atoms with E-state index >= 15 is 0 Å². The summed E-state index contributed by atoms with van der Waals surface area (Å²) in [6, 6.07) is 6.59. The van der Waals surface area contributed by atoms with E-state index in [1.165, 1.54) is 25.2 Å². The zero-order valence-corrected chi connectivity index (χ0v) is 16.7. The van der Waals surface area contributed by atoms with Gasteiger partial charge in [0.05, 0.1) is 16.2 Å². The van der Waals surface area contributed by atoms with Crippen LogP contribution in [-0.2, 0) is 29.2 Å². The SMILES string of the molecule is CNS(=O)(=O)c1ccc(Nc2ccc(C(F)(F)F)cn2)c(-c2cn3c(n2)CCC3)c1. The van der Waals surface area contributed by atoms with Crippen LogP contribution in [-0.4, -0.2) is 30.0 Å². The Hall–Kier alpha value is -2.92. The van der Waals surface area contributed by atoms with Gasteiger partial charge in [0.15, 0.2) is 0 Å². The molecule has 1 aromatic carbocycles. The molecule has 7 nitrogen and oxygen atoms in total. The van der Waals surface area contributed by atoms with E-state index in [1.807, 2.05) is 10.8 Å². The third-order valence-electron chi connectivity index (χ3n) is 4.86. The van der Waals surface area contributed by atoms with Gasteiger partial charge in [-0.15, -0.1) is 0 Å². The Bertz CT molecular complexity index is 1170. The lowest BCUT2D eigenvalue weighted by Gasteiger charge is -2.13. The molecule has 1 aliphatic rings. The smallest absolute Gasteiger partial charge is 0.340 e. The van der Waals surface area contributed by atoms with Crippen LogP contribution in [0, 0.1) is 0 Å². The van der Waals surface area contributed by atoms with Gasteiger partial charge in [0.25, 0.3) is 0 Å². The first-order valence-corrected chi connectivity index (χ1v) is 10.6. The predicted octanol–water partition coefficient (Wildman–Crippen LogP) is 3.56. The Kier molecular flexibility index (Phi) is 5.02. The number of benzene rings is 1. The average Bonchev–Trinajstić information content (AvgIpc) is 3.30. The Morgan fingerprint density at radius 1 is 1.17 bits per heavy atom. The number of rotatable bonds is 5. The zero-order valence-electron chi connectivity index (χ0n) is 15.9. The molecule has 4 rings (SSSR count). The van der Waals surface area contributed by atoms with Crippen LogP contribution >= 0.6 is 0 Å². The molecule has 0 spiro atoms. The molecular formula is C19H18F3N5O2S. The molecule has 0 atom stereocenters. The molecular weight excluding hydrogens is 419 g/mol. The normalized spacial score (nSPS) is 14.0. The quantitative estimate of drug-likeness (QED) is 0.637. The monoisotopic (exact) mass is 437 g/mol. The van der Waals surface area contributed by atoms with Gasteiger partial charge in [-0.05, 0) is 43.8 Å². The third-order valence-corrected chi connectivity index (χ3v) is 6.27. The van der Waals surface area contributed by atoms with Gasteiger partial charge in [-0.2, -0.15) is 13.2 Å². The molecule has 0 fully saturated rings. The number of hydrogen-bond acceptors (Lipinski definition) is 5. The van der Waals surface area contributed by atoms with Crippen molar-refractivity contribution < 1.29 is 21.6 Å². The second-order valence-corrected chi connectivity index (χ2v) is 8.70. The highest BCUT2D eigenvalue weighted by Crippen LogP contribution is 2.34. The molecule has 2 N–H and O–H groups in total. The molecule has 2 aromatic heterocycles. The van der Waals surface area contributed by atoms with Gasteiger partial charge < -0.3 is 9.88 Å². The topological polar surface area (TPSA) is 88.9 Å². The largest absolute Gasteiger partial charge is 0.417 e. The first-order chi connectivity index (χ1) is 14.2. The average molecular weight is 437 g/mol. The number of sulfonamides is 1. The van der Waals surface area contributed by atoms with Crippen LogP contribution < -0.4 is 10.0 Å². The van der Waals surface area contributed by atoms with E-state index in [0.717, 1.165) is 37.5 Å². The van der Waals surface area contributed by atoms with Crippen LogP contribution in [0.2, 0.25) is 0 Å². The van der Waals surface area contributed by atoms with Gasteiger partial charge in [0, 0.05) is 36.6 Å². The lowest BCUT2D eigenvalue weighted by molar-refractivity contribution is -0.137. The van der Waals surface area contributed by atoms with E-state index in [4.69, 9.17) is 0 Å². The summed E-state index contributed by atoms with van der Waals surface area (Å²) in [5, 5.41) is 2.97. The molecule has 3 aromatic rings. The maximum atomic E-state index is 12.8. The fraction of sp³-hybridized carbons (Fsp3) is 0.263. The van der Waals surface area contributed by atoms with Crippen LogP contribution in [0.4, 0.5) is 24.7 Å². The molecule has 0 radical (unpaired) electrons. The van der Waals surface area contributed by atoms with Gasteiger partial charge in [-0.3, -0.25) is 0 Å². The van der Waals surface area contributed by atoms with Crippen molar-refractivity contribution in [1.29, 1.82) is 0 Å². The highest BCUT2D eigenvalue weighted by atomic mass is 32.2. The van der Waals surface area contributed by atoms with Crippen molar-refractivity contribution in [3.8, 4) is 11.3 Å². The minimum Gasteiger partial charge on any atom is -0.340 e. The molecule has 3 heterocycles. The second-order valence-electron chi connectivity index (χ2n) is 6.81. The summed E-state index contributed by atoms with van der Waals surface area (Å²) in [6.45, 7) is 0.833. The summed E-state index contributed by atoms with van der Waals surface area (Å²) in [5.41, 5.74) is 0.713. The molecule has 0 amide bonds. The van der Waals surface area contributed by atoms with Crippen LogP contribution in [0.15, 0.2) is 47.6 Å². The molecule has 30 heavy (non-hydrogen) atoms. The van der Waals surface area contributed by atoms with E-state index < -0.39 is 21.8 Å². The number of anilines is 2. The maximum absolute atomic E-state index is 12.8. The molecule has 0 aliphatic carbocycles. The Morgan fingerprint density at radius 2 is 1.97 bits per heavy atom. The third kappa shape index (κ3) is 3.90. The lowest BCUT2D eigenvalue weighted by Crippen LogP contribution is -2.18. The summed E-state index contributed by atoms with van der Waals surface area (Å²) >= 11 is 0. The van der Waals surface area contributed by atoms with Crippen molar-refractivity contribution in [2.75, 3.05) is 12.4 Å². The fourth-order valence-corrected chi connectivity index (χ4v) is 4.04. The Balaban J connectivity index is 1.75. The van der Waals surface area contributed by atoms with Gasteiger partial charge >= 0.3 is 6.18 Å². The molecule has 0 saturated heterocycles. The molecule has 0 unspecified atom stereocenters. The summed E-state index contributed by atoms with van der Waals surface area (Å²) in [4.78, 5) is 8.48. The molecule has 158 valence electrons. The van der Waals surface area contributed by atoms with Gasteiger partial charge in [0.1, 0.15) is 11.6 Å².